The van der Waals surface area contributed by atoms with E-state index in [0.29, 0.717) is 19.6 Å². The number of hydrogen-bond acceptors (Lipinski definition) is 4. The van der Waals surface area contributed by atoms with Gasteiger partial charge in [0.2, 0.25) is 15.9 Å². The Morgan fingerprint density at radius 3 is 2.74 bits per heavy atom. The molecule has 0 aromatic heterocycles. The number of nitrogens with zero attached hydrogens (tertiary/aromatic N) is 2. The molecular weight excluding hydrogens is 268 g/mol. The maximum atomic E-state index is 12.2. The first-order valence-corrected chi connectivity index (χ1v) is 8.05. The topological polar surface area (TPSA) is 66.9 Å². The second-order valence-electron chi connectivity index (χ2n) is 5.31. The maximum absolute atomic E-state index is 12.2. The minimum absolute atomic E-state index is 0.0341. The van der Waals surface area contributed by atoms with E-state index in [0.717, 1.165) is 12.8 Å². The van der Waals surface area contributed by atoms with Gasteiger partial charge in [0.1, 0.15) is 6.61 Å². The number of carbonyl (C=O) groups excluding carboxylic acids is 1. The molecule has 0 aromatic rings. The SMILES string of the molecule is C=CCN1C(=O)CO[C@@H]2CN(S(=O)(=O)C3CC3)C[C@H]21. The molecular formula is C12H18N2O4S. The summed E-state index contributed by atoms with van der Waals surface area (Å²) >= 11 is 0. The van der Waals surface area contributed by atoms with Crippen LogP contribution < -0.4 is 0 Å². The van der Waals surface area contributed by atoms with Gasteiger partial charge in [0, 0.05) is 19.6 Å². The third-order valence-corrected chi connectivity index (χ3v) is 6.31. The van der Waals surface area contributed by atoms with Gasteiger partial charge in [-0.15, -0.1) is 6.58 Å². The van der Waals surface area contributed by atoms with E-state index in [9.17, 15) is 13.2 Å². The van der Waals surface area contributed by atoms with Crippen LogP contribution in [0, 0.1) is 0 Å². The van der Waals surface area contributed by atoms with Crippen LogP contribution in [0.25, 0.3) is 0 Å². The lowest BCUT2D eigenvalue weighted by molar-refractivity contribution is -0.151. The third kappa shape index (κ3) is 2.19. The Balaban J connectivity index is 1.78. The van der Waals surface area contributed by atoms with Crippen LogP contribution >= 0.6 is 0 Å². The molecule has 2 atom stereocenters. The summed E-state index contributed by atoms with van der Waals surface area (Å²) in [6.45, 7) is 4.84. The summed E-state index contributed by atoms with van der Waals surface area (Å²) in [5.74, 6) is -0.0909. The van der Waals surface area contributed by atoms with Crippen LogP contribution in [0.15, 0.2) is 12.7 Å². The first-order chi connectivity index (χ1) is 9.04. The Bertz CT molecular complexity index is 500. The summed E-state index contributed by atoms with van der Waals surface area (Å²) in [7, 11) is -3.19. The molecule has 6 nitrogen and oxygen atoms in total. The zero-order valence-corrected chi connectivity index (χ0v) is 11.5. The van der Waals surface area contributed by atoms with E-state index in [2.05, 4.69) is 6.58 Å². The molecule has 3 aliphatic rings. The van der Waals surface area contributed by atoms with E-state index in [1.54, 1.807) is 11.0 Å². The van der Waals surface area contributed by atoms with E-state index < -0.39 is 10.0 Å². The number of ether oxygens (including phenoxy) is 1. The van der Waals surface area contributed by atoms with Gasteiger partial charge < -0.3 is 9.64 Å². The number of morpholine rings is 1. The Morgan fingerprint density at radius 2 is 2.11 bits per heavy atom. The average molecular weight is 286 g/mol. The summed E-state index contributed by atoms with van der Waals surface area (Å²) in [4.78, 5) is 13.5. The third-order valence-electron chi connectivity index (χ3n) is 3.98. The molecule has 3 fully saturated rings. The van der Waals surface area contributed by atoms with E-state index in [1.807, 2.05) is 0 Å². The number of fused-ring (bicyclic) bond motifs is 1. The predicted molar refractivity (Wildman–Crippen MR) is 69.0 cm³/mol. The quantitative estimate of drug-likeness (QED) is 0.658. The molecule has 2 aliphatic heterocycles. The Labute approximate surface area is 113 Å². The number of amides is 1. The van der Waals surface area contributed by atoms with Crippen LogP contribution in [0.5, 0.6) is 0 Å². The minimum atomic E-state index is -3.19. The second-order valence-corrected chi connectivity index (χ2v) is 7.53. The van der Waals surface area contributed by atoms with Gasteiger partial charge in [0.15, 0.2) is 0 Å². The molecule has 0 N–H and O–H groups in total. The highest BCUT2D eigenvalue weighted by molar-refractivity contribution is 7.90. The standard InChI is InChI=1S/C12H18N2O4S/c1-2-5-14-10-6-13(19(16,17)9-3-4-9)7-11(10)18-8-12(14)15/h2,9-11H,1,3-8H2/t10-,11-/m1/s1. The van der Waals surface area contributed by atoms with Crippen LogP contribution in [0.1, 0.15) is 12.8 Å². The fourth-order valence-corrected chi connectivity index (χ4v) is 4.66. The summed E-state index contributed by atoms with van der Waals surface area (Å²) in [5.41, 5.74) is 0. The summed E-state index contributed by atoms with van der Waals surface area (Å²) in [6.07, 6.45) is 2.97. The highest BCUT2D eigenvalue weighted by Crippen LogP contribution is 2.34. The van der Waals surface area contributed by atoms with Crippen molar-refractivity contribution >= 4 is 15.9 Å². The van der Waals surface area contributed by atoms with Gasteiger partial charge in [-0.2, -0.15) is 4.31 Å². The zero-order valence-electron chi connectivity index (χ0n) is 10.7. The van der Waals surface area contributed by atoms with Crippen molar-refractivity contribution in [3.63, 3.8) is 0 Å². The first kappa shape index (κ1) is 13.1. The summed E-state index contributed by atoms with van der Waals surface area (Å²) in [6, 6.07) is -0.173. The molecule has 3 rings (SSSR count). The summed E-state index contributed by atoms with van der Waals surface area (Å²) < 4.78 is 31.4. The van der Waals surface area contributed by atoms with Gasteiger partial charge >= 0.3 is 0 Å². The molecule has 2 heterocycles. The molecule has 1 amide bonds. The van der Waals surface area contributed by atoms with Crippen LogP contribution in [0.4, 0.5) is 0 Å². The molecule has 0 bridgehead atoms. The molecule has 1 saturated carbocycles. The van der Waals surface area contributed by atoms with Crippen molar-refractivity contribution in [2.24, 2.45) is 0 Å². The predicted octanol–water partition coefficient (Wildman–Crippen LogP) is -0.424. The lowest BCUT2D eigenvalue weighted by Crippen LogP contribution is -2.53. The van der Waals surface area contributed by atoms with E-state index in [4.69, 9.17) is 4.74 Å². The van der Waals surface area contributed by atoms with Crippen LogP contribution in [-0.2, 0) is 19.6 Å². The maximum Gasteiger partial charge on any atom is 0.249 e. The van der Waals surface area contributed by atoms with Crippen molar-refractivity contribution in [3.05, 3.63) is 12.7 Å². The van der Waals surface area contributed by atoms with Crippen molar-refractivity contribution in [1.29, 1.82) is 0 Å². The molecule has 1 aliphatic carbocycles. The number of carbonyl (C=O) groups is 1. The van der Waals surface area contributed by atoms with E-state index in [-0.39, 0.29) is 29.9 Å². The molecule has 7 heteroatoms. The number of hydrogen-bond donors (Lipinski definition) is 0. The zero-order chi connectivity index (χ0) is 13.6. The Hall–Kier alpha value is -0.920. The highest BCUT2D eigenvalue weighted by Gasteiger charge is 2.49. The van der Waals surface area contributed by atoms with Crippen LogP contribution in [0.2, 0.25) is 0 Å². The van der Waals surface area contributed by atoms with E-state index >= 15 is 0 Å². The smallest absolute Gasteiger partial charge is 0.249 e. The van der Waals surface area contributed by atoms with Crippen LogP contribution in [-0.4, -0.2) is 67.2 Å². The molecule has 2 saturated heterocycles. The van der Waals surface area contributed by atoms with Crippen molar-refractivity contribution in [3.8, 4) is 0 Å². The van der Waals surface area contributed by atoms with Gasteiger partial charge in [0.05, 0.1) is 17.4 Å². The van der Waals surface area contributed by atoms with Crippen LogP contribution in [0.3, 0.4) is 0 Å². The van der Waals surface area contributed by atoms with Gasteiger partial charge in [-0.1, -0.05) is 6.08 Å². The largest absolute Gasteiger partial charge is 0.365 e. The monoisotopic (exact) mass is 286 g/mol. The van der Waals surface area contributed by atoms with Gasteiger partial charge in [-0.3, -0.25) is 4.79 Å². The Kier molecular flexibility index (Phi) is 3.15. The average Bonchev–Trinajstić information content (AvgIpc) is 3.13. The van der Waals surface area contributed by atoms with Crippen molar-refractivity contribution in [1.82, 2.24) is 9.21 Å². The highest BCUT2D eigenvalue weighted by atomic mass is 32.2. The molecule has 0 spiro atoms. The molecule has 19 heavy (non-hydrogen) atoms. The van der Waals surface area contributed by atoms with Crippen molar-refractivity contribution in [2.75, 3.05) is 26.2 Å². The molecule has 0 aromatic carbocycles. The number of sulfonamides is 1. The minimum Gasteiger partial charge on any atom is -0.365 e. The van der Waals surface area contributed by atoms with Crippen molar-refractivity contribution < 1.29 is 17.9 Å². The summed E-state index contributed by atoms with van der Waals surface area (Å²) in [5, 5.41) is -0.212. The molecule has 106 valence electrons. The fraction of sp³-hybridized carbons (Fsp3) is 0.750. The van der Waals surface area contributed by atoms with Gasteiger partial charge in [0.25, 0.3) is 0 Å². The van der Waals surface area contributed by atoms with Crippen molar-refractivity contribution in [2.45, 2.75) is 30.2 Å². The normalized spacial score (nSPS) is 32.4. The van der Waals surface area contributed by atoms with E-state index in [1.165, 1.54) is 4.31 Å². The number of rotatable bonds is 4. The van der Waals surface area contributed by atoms with Gasteiger partial charge in [-0.05, 0) is 12.8 Å². The first-order valence-electron chi connectivity index (χ1n) is 6.55. The fourth-order valence-electron chi connectivity index (χ4n) is 2.79. The lowest BCUT2D eigenvalue weighted by Gasteiger charge is -2.35. The van der Waals surface area contributed by atoms with Gasteiger partial charge in [-0.25, -0.2) is 8.42 Å². The lowest BCUT2D eigenvalue weighted by atomic mass is 10.1. The second kappa shape index (κ2) is 4.57. The Morgan fingerprint density at radius 1 is 1.37 bits per heavy atom. The molecule has 0 radical (unpaired) electrons. The molecule has 0 unspecified atom stereocenters.